The lowest BCUT2D eigenvalue weighted by Crippen LogP contribution is -2.44. The molecule has 0 radical (unpaired) electrons. The number of benzene rings is 1. The van der Waals surface area contributed by atoms with Gasteiger partial charge < -0.3 is 5.32 Å². The summed E-state index contributed by atoms with van der Waals surface area (Å²) in [4.78, 5) is 2.66. The first-order valence-electron chi connectivity index (χ1n) is 7.18. The molecule has 0 aromatic heterocycles. The average Bonchev–Trinajstić information content (AvgIpc) is 2.40. The number of hydrogen-bond donors (Lipinski definition) is 1. The van der Waals surface area contributed by atoms with Gasteiger partial charge in [-0.2, -0.15) is 0 Å². The molecule has 1 unspecified atom stereocenters. The lowest BCUT2D eigenvalue weighted by atomic mass is 9.92. The molecule has 1 fully saturated rings. The first-order valence-corrected chi connectivity index (χ1v) is 7.18. The summed E-state index contributed by atoms with van der Waals surface area (Å²) in [6, 6.07) is 12.3. The van der Waals surface area contributed by atoms with Crippen molar-refractivity contribution in [2.45, 2.75) is 38.8 Å². The van der Waals surface area contributed by atoms with E-state index in [1.54, 1.807) is 0 Å². The van der Waals surface area contributed by atoms with Crippen LogP contribution in [0.5, 0.6) is 0 Å². The standard InChI is InChI=1S/C16H26N2/c1-13(2)16(14-7-5-4-6-8-14)18-11-9-15(17-3)10-12-18/h4-8,13,15-17H,9-12H2,1-3H3. The molecule has 0 spiro atoms. The summed E-state index contributed by atoms with van der Waals surface area (Å²) in [7, 11) is 2.08. The molecule has 0 saturated carbocycles. The highest BCUT2D eigenvalue weighted by Gasteiger charge is 2.27. The molecular weight excluding hydrogens is 220 g/mol. The number of rotatable bonds is 4. The van der Waals surface area contributed by atoms with E-state index in [0.717, 1.165) is 0 Å². The first kappa shape index (κ1) is 13.6. The summed E-state index contributed by atoms with van der Waals surface area (Å²) in [5, 5.41) is 3.41. The van der Waals surface area contributed by atoms with Crippen LogP contribution in [0, 0.1) is 5.92 Å². The number of likely N-dealkylation sites (tertiary alicyclic amines) is 1. The highest BCUT2D eigenvalue weighted by molar-refractivity contribution is 5.19. The fourth-order valence-electron chi connectivity index (χ4n) is 3.13. The van der Waals surface area contributed by atoms with Gasteiger partial charge in [0.25, 0.3) is 0 Å². The summed E-state index contributed by atoms with van der Waals surface area (Å²) >= 11 is 0. The third-order valence-corrected chi connectivity index (χ3v) is 4.10. The van der Waals surface area contributed by atoms with Crippen molar-refractivity contribution in [3.8, 4) is 0 Å². The molecule has 18 heavy (non-hydrogen) atoms. The minimum atomic E-state index is 0.573. The molecule has 1 saturated heterocycles. The van der Waals surface area contributed by atoms with Crippen LogP contribution in [-0.2, 0) is 0 Å². The van der Waals surface area contributed by atoms with Crippen molar-refractivity contribution < 1.29 is 0 Å². The molecule has 2 heteroatoms. The predicted molar refractivity (Wildman–Crippen MR) is 77.7 cm³/mol. The largest absolute Gasteiger partial charge is 0.317 e. The van der Waals surface area contributed by atoms with Gasteiger partial charge in [0.05, 0.1) is 0 Å². The molecule has 1 aromatic rings. The molecule has 2 nitrogen and oxygen atoms in total. The van der Waals surface area contributed by atoms with E-state index < -0.39 is 0 Å². The smallest absolute Gasteiger partial charge is 0.0371 e. The zero-order valence-corrected chi connectivity index (χ0v) is 11.9. The zero-order valence-electron chi connectivity index (χ0n) is 11.9. The molecule has 1 aliphatic rings. The van der Waals surface area contributed by atoms with Crippen LogP contribution in [0.4, 0.5) is 0 Å². The Morgan fingerprint density at radius 2 is 1.72 bits per heavy atom. The van der Waals surface area contributed by atoms with Gasteiger partial charge in [-0.3, -0.25) is 4.90 Å². The Morgan fingerprint density at radius 3 is 2.22 bits per heavy atom. The Bertz CT molecular complexity index is 339. The third kappa shape index (κ3) is 3.12. The first-order chi connectivity index (χ1) is 8.72. The Labute approximate surface area is 111 Å². The molecule has 1 heterocycles. The van der Waals surface area contributed by atoms with E-state index in [1.807, 2.05) is 0 Å². The van der Waals surface area contributed by atoms with Gasteiger partial charge in [-0.25, -0.2) is 0 Å². The average molecular weight is 246 g/mol. The van der Waals surface area contributed by atoms with Crippen molar-refractivity contribution in [1.82, 2.24) is 10.2 Å². The Hall–Kier alpha value is -0.860. The van der Waals surface area contributed by atoms with Gasteiger partial charge in [-0.1, -0.05) is 44.2 Å². The Kier molecular flexibility index (Phi) is 4.79. The van der Waals surface area contributed by atoms with Crippen LogP contribution < -0.4 is 5.32 Å². The fraction of sp³-hybridized carbons (Fsp3) is 0.625. The molecule has 2 rings (SSSR count). The van der Waals surface area contributed by atoms with Gasteiger partial charge in [-0.15, -0.1) is 0 Å². The van der Waals surface area contributed by atoms with Crippen molar-refractivity contribution in [1.29, 1.82) is 0 Å². The molecule has 1 aromatic carbocycles. The second-order valence-corrected chi connectivity index (χ2v) is 5.70. The van der Waals surface area contributed by atoms with Crippen molar-refractivity contribution >= 4 is 0 Å². The lowest BCUT2D eigenvalue weighted by molar-refractivity contribution is 0.115. The molecule has 100 valence electrons. The highest BCUT2D eigenvalue weighted by Crippen LogP contribution is 2.30. The number of hydrogen-bond acceptors (Lipinski definition) is 2. The van der Waals surface area contributed by atoms with Crippen molar-refractivity contribution in [2.75, 3.05) is 20.1 Å². The summed E-state index contributed by atoms with van der Waals surface area (Å²) in [6.07, 6.45) is 2.54. The van der Waals surface area contributed by atoms with Crippen molar-refractivity contribution in [2.24, 2.45) is 5.92 Å². The highest BCUT2D eigenvalue weighted by atomic mass is 15.2. The topological polar surface area (TPSA) is 15.3 Å². The Morgan fingerprint density at radius 1 is 1.11 bits per heavy atom. The maximum Gasteiger partial charge on any atom is 0.0371 e. The second kappa shape index (κ2) is 6.35. The molecule has 0 amide bonds. The van der Waals surface area contributed by atoms with Crippen LogP contribution in [0.3, 0.4) is 0 Å². The van der Waals surface area contributed by atoms with E-state index >= 15 is 0 Å². The van der Waals surface area contributed by atoms with Crippen LogP contribution in [0.1, 0.15) is 38.3 Å². The minimum Gasteiger partial charge on any atom is -0.317 e. The molecular formula is C16H26N2. The van der Waals surface area contributed by atoms with Gasteiger partial charge in [0.1, 0.15) is 0 Å². The molecule has 1 aliphatic heterocycles. The van der Waals surface area contributed by atoms with E-state index in [0.29, 0.717) is 18.0 Å². The van der Waals surface area contributed by atoms with Gasteiger partial charge in [0.15, 0.2) is 0 Å². The van der Waals surface area contributed by atoms with Crippen molar-refractivity contribution in [3.63, 3.8) is 0 Å². The van der Waals surface area contributed by atoms with Gasteiger partial charge >= 0.3 is 0 Å². The van der Waals surface area contributed by atoms with Crippen LogP contribution in [0.2, 0.25) is 0 Å². The maximum absolute atomic E-state index is 3.41. The molecule has 0 bridgehead atoms. The lowest BCUT2D eigenvalue weighted by Gasteiger charge is -2.39. The summed E-state index contributed by atoms with van der Waals surface area (Å²) < 4.78 is 0. The van der Waals surface area contributed by atoms with E-state index in [1.165, 1.54) is 31.5 Å². The summed E-state index contributed by atoms with van der Waals surface area (Å²) in [5.41, 5.74) is 1.47. The number of piperidine rings is 1. The summed E-state index contributed by atoms with van der Waals surface area (Å²) in [6.45, 7) is 7.09. The van der Waals surface area contributed by atoms with Crippen LogP contribution in [-0.4, -0.2) is 31.1 Å². The third-order valence-electron chi connectivity index (χ3n) is 4.10. The van der Waals surface area contributed by atoms with Crippen LogP contribution in [0.25, 0.3) is 0 Å². The molecule has 1 N–H and O–H groups in total. The molecule has 0 aliphatic carbocycles. The van der Waals surface area contributed by atoms with E-state index in [9.17, 15) is 0 Å². The zero-order chi connectivity index (χ0) is 13.0. The van der Waals surface area contributed by atoms with Gasteiger partial charge in [0.2, 0.25) is 0 Å². The maximum atomic E-state index is 3.41. The normalized spacial score (nSPS) is 20.2. The Balaban J connectivity index is 2.08. The van der Waals surface area contributed by atoms with Gasteiger partial charge in [0, 0.05) is 25.2 Å². The summed E-state index contributed by atoms with van der Waals surface area (Å²) in [5.74, 6) is 0.665. The fourth-order valence-corrected chi connectivity index (χ4v) is 3.13. The van der Waals surface area contributed by atoms with Gasteiger partial charge in [-0.05, 0) is 31.4 Å². The number of nitrogens with one attached hydrogen (secondary N) is 1. The predicted octanol–water partition coefficient (Wildman–Crippen LogP) is 3.07. The monoisotopic (exact) mass is 246 g/mol. The number of nitrogens with zero attached hydrogens (tertiary/aromatic N) is 1. The molecule has 1 atom stereocenters. The van der Waals surface area contributed by atoms with E-state index in [4.69, 9.17) is 0 Å². The van der Waals surface area contributed by atoms with Crippen LogP contribution >= 0.6 is 0 Å². The second-order valence-electron chi connectivity index (χ2n) is 5.70. The quantitative estimate of drug-likeness (QED) is 0.878. The van der Waals surface area contributed by atoms with Crippen molar-refractivity contribution in [3.05, 3.63) is 35.9 Å². The van der Waals surface area contributed by atoms with Crippen LogP contribution in [0.15, 0.2) is 30.3 Å². The SMILES string of the molecule is CNC1CCN(C(c2ccccc2)C(C)C)CC1. The van der Waals surface area contributed by atoms with E-state index in [2.05, 4.69) is 61.4 Å². The minimum absolute atomic E-state index is 0.573. The van der Waals surface area contributed by atoms with E-state index in [-0.39, 0.29) is 0 Å².